The Kier molecular flexibility index (Phi) is 4.51. The molecule has 0 atom stereocenters. The standard InChI is InChI=1S/C13H19NO4S2/c1-2-5-13(6-7-13)9-14-20(17,18)12-4-3-10(19-12)8-11(15)16/h3-4,14H,2,5-9H2,1H3,(H,15,16). The van der Waals surface area contributed by atoms with Gasteiger partial charge in [0.25, 0.3) is 0 Å². The van der Waals surface area contributed by atoms with E-state index in [0.717, 1.165) is 37.0 Å². The molecule has 1 heterocycles. The third-order valence-corrected chi connectivity index (χ3v) is 6.58. The van der Waals surface area contributed by atoms with E-state index in [1.165, 1.54) is 6.07 Å². The Morgan fingerprint density at radius 1 is 1.45 bits per heavy atom. The first kappa shape index (κ1) is 15.5. The maximum Gasteiger partial charge on any atom is 0.308 e. The van der Waals surface area contributed by atoms with E-state index in [0.29, 0.717) is 11.4 Å². The number of rotatable bonds is 8. The van der Waals surface area contributed by atoms with Crippen molar-refractivity contribution in [1.82, 2.24) is 4.72 Å². The van der Waals surface area contributed by atoms with Gasteiger partial charge in [-0.05, 0) is 36.8 Å². The van der Waals surface area contributed by atoms with Crippen molar-refractivity contribution in [3.05, 3.63) is 17.0 Å². The van der Waals surface area contributed by atoms with Crippen LogP contribution in [0, 0.1) is 5.41 Å². The van der Waals surface area contributed by atoms with Crippen LogP contribution in [0.25, 0.3) is 0 Å². The van der Waals surface area contributed by atoms with Crippen LogP contribution in [0.15, 0.2) is 16.3 Å². The van der Waals surface area contributed by atoms with Gasteiger partial charge in [0.15, 0.2) is 0 Å². The largest absolute Gasteiger partial charge is 0.481 e. The molecule has 5 nitrogen and oxygen atoms in total. The summed E-state index contributed by atoms with van der Waals surface area (Å²) in [5.74, 6) is -0.955. The van der Waals surface area contributed by atoms with Gasteiger partial charge in [0.1, 0.15) is 4.21 Å². The van der Waals surface area contributed by atoms with Gasteiger partial charge in [-0.15, -0.1) is 11.3 Å². The molecule has 0 unspecified atom stereocenters. The fourth-order valence-electron chi connectivity index (χ4n) is 2.29. The third-order valence-electron chi connectivity index (χ3n) is 3.60. The van der Waals surface area contributed by atoms with Gasteiger partial charge in [-0.3, -0.25) is 4.79 Å². The van der Waals surface area contributed by atoms with Crippen molar-refractivity contribution >= 4 is 27.3 Å². The first-order chi connectivity index (χ1) is 9.37. The molecule has 0 bridgehead atoms. The Labute approximate surface area is 123 Å². The highest BCUT2D eigenvalue weighted by atomic mass is 32.2. The molecular weight excluding hydrogens is 298 g/mol. The smallest absolute Gasteiger partial charge is 0.308 e. The Morgan fingerprint density at radius 2 is 2.15 bits per heavy atom. The zero-order valence-corrected chi connectivity index (χ0v) is 13.0. The number of hydrogen-bond donors (Lipinski definition) is 2. The Morgan fingerprint density at radius 3 is 2.70 bits per heavy atom. The molecule has 2 N–H and O–H groups in total. The van der Waals surface area contributed by atoms with Gasteiger partial charge in [0.2, 0.25) is 10.0 Å². The number of hydrogen-bond acceptors (Lipinski definition) is 4. The second-order valence-electron chi connectivity index (χ2n) is 5.37. The van der Waals surface area contributed by atoms with Crippen molar-refractivity contribution in [2.45, 2.75) is 43.2 Å². The lowest BCUT2D eigenvalue weighted by Gasteiger charge is -2.14. The van der Waals surface area contributed by atoms with Crippen LogP contribution >= 0.6 is 11.3 Å². The zero-order valence-electron chi connectivity index (χ0n) is 11.4. The summed E-state index contributed by atoms with van der Waals surface area (Å²) < 4.78 is 27.2. The molecule has 2 rings (SSSR count). The van der Waals surface area contributed by atoms with Crippen molar-refractivity contribution in [3.63, 3.8) is 0 Å². The second kappa shape index (κ2) is 5.83. The maximum atomic E-state index is 12.2. The molecule has 20 heavy (non-hydrogen) atoms. The van der Waals surface area contributed by atoms with Crippen LogP contribution in [0.4, 0.5) is 0 Å². The highest BCUT2D eigenvalue weighted by Crippen LogP contribution is 2.49. The summed E-state index contributed by atoms with van der Waals surface area (Å²) in [5, 5.41) is 8.70. The zero-order chi connectivity index (χ0) is 14.8. The van der Waals surface area contributed by atoms with Gasteiger partial charge in [-0.25, -0.2) is 13.1 Å². The van der Waals surface area contributed by atoms with E-state index in [2.05, 4.69) is 11.6 Å². The summed E-state index contributed by atoms with van der Waals surface area (Å²) in [6.45, 7) is 2.58. The van der Waals surface area contributed by atoms with E-state index >= 15 is 0 Å². The van der Waals surface area contributed by atoms with Crippen molar-refractivity contribution in [2.24, 2.45) is 5.41 Å². The predicted octanol–water partition coefficient (Wildman–Crippen LogP) is 2.23. The van der Waals surface area contributed by atoms with E-state index in [4.69, 9.17) is 5.11 Å². The minimum Gasteiger partial charge on any atom is -0.481 e. The molecule has 0 radical (unpaired) electrons. The average molecular weight is 317 g/mol. The number of thiophene rings is 1. The molecule has 0 spiro atoms. The topological polar surface area (TPSA) is 83.5 Å². The van der Waals surface area contributed by atoms with Crippen LogP contribution in [0.2, 0.25) is 0 Å². The summed E-state index contributed by atoms with van der Waals surface area (Å²) in [6.07, 6.45) is 4.13. The highest BCUT2D eigenvalue weighted by molar-refractivity contribution is 7.91. The lowest BCUT2D eigenvalue weighted by Crippen LogP contribution is -2.29. The molecule has 1 aliphatic rings. The van der Waals surface area contributed by atoms with Gasteiger partial charge in [0, 0.05) is 11.4 Å². The van der Waals surface area contributed by atoms with Gasteiger partial charge in [-0.2, -0.15) is 0 Å². The van der Waals surface area contributed by atoms with Gasteiger partial charge < -0.3 is 5.11 Å². The molecule has 1 aromatic heterocycles. The SMILES string of the molecule is CCCC1(CNS(=O)(=O)c2ccc(CC(=O)O)s2)CC1. The minimum absolute atomic E-state index is 0.139. The van der Waals surface area contributed by atoms with E-state index < -0.39 is 16.0 Å². The summed E-state index contributed by atoms with van der Waals surface area (Å²) in [6, 6.07) is 3.04. The summed E-state index contributed by atoms with van der Waals surface area (Å²) in [7, 11) is -3.51. The molecule has 7 heteroatoms. The molecule has 1 aliphatic carbocycles. The molecule has 0 aliphatic heterocycles. The molecule has 1 saturated carbocycles. The van der Waals surface area contributed by atoms with Gasteiger partial charge in [-0.1, -0.05) is 13.3 Å². The quantitative estimate of drug-likeness (QED) is 0.770. The number of nitrogens with one attached hydrogen (secondary N) is 1. The molecule has 112 valence electrons. The first-order valence-electron chi connectivity index (χ1n) is 6.67. The van der Waals surface area contributed by atoms with Gasteiger partial charge >= 0.3 is 5.97 Å². The van der Waals surface area contributed by atoms with Crippen molar-refractivity contribution in [1.29, 1.82) is 0 Å². The lowest BCUT2D eigenvalue weighted by molar-refractivity contribution is -0.136. The number of aliphatic carboxylic acids is 1. The molecule has 1 fully saturated rings. The van der Waals surface area contributed by atoms with Crippen molar-refractivity contribution in [2.75, 3.05) is 6.54 Å². The van der Waals surface area contributed by atoms with Gasteiger partial charge in [0.05, 0.1) is 6.42 Å². The van der Waals surface area contributed by atoms with Crippen molar-refractivity contribution < 1.29 is 18.3 Å². The maximum absolute atomic E-state index is 12.2. The predicted molar refractivity (Wildman–Crippen MR) is 77.4 cm³/mol. The summed E-state index contributed by atoms with van der Waals surface area (Å²) >= 11 is 1.02. The number of carbonyl (C=O) groups is 1. The number of carboxylic acid groups (broad SMARTS) is 1. The van der Waals surface area contributed by atoms with Crippen LogP contribution in [-0.4, -0.2) is 26.0 Å². The van der Waals surface area contributed by atoms with Crippen molar-refractivity contribution in [3.8, 4) is 0 Å². The molecular formula is C13H19NO4S2. The molecule has 0 saturated heterocycles. The van der Waals surface area contributed by atoms with E-state index in [1.807, 2.05) is 0 Å². The average Bonchev–Trinajstić information content (AvgIpc) is 2.96. The Balaban J connectivity index is 1.99. The fraction of sp³-hybridized carbons (Fsp3) is 0.615. The van der Waals surface area contributed by atoms with Crippen LogP contribution in [0.3, 0.4) is 0 Å². The third kappa shape index (κ3) is 3.80. The van der Waals surface area contributed by atoms with E-state index in [-0.39, 0.29) is 16.0 Å². The number of carboxylic acids is 1. The van der Waals surface area contributed by atoms with E-state index in [1.54, 1.807) is 6.07 Å². The van der Waals surface area contributed by atoms with E-state index in [9.17, 15) is 13.2 Å². The summed E-state index contributed by atoms with van der Waals surface area (Å²) in [4.78, 5) is 11.2. The lowest BCUT2D eigenvalue weighted by atomic mass is 10.0. The molecule has 0 aromatic carbocycles. The van der Waals surface area contributed by atoms with Crippen LogP contribution in [-0.2, 0) is 21.2 Å². The monoisotopic (exact) mass is 317 g/mol. The Hall–Kier alpha value is -0.920. The number of sulfonamides is 1. The van der Waals surface area contributed by atoms with Crippen LogP contribution < -0.4 is 4.72 Å². The molecule has 0 amide bonds. The highest BCUT2D eigenvalue weighted by Gasteiger charge is 2.42. The first-order valence-corrected chi connectivity index (χ1v) is 8.97. The second-order valence-corrected chi connectivity index (χ2v) is 8.53. The van der Waals surface area contributed by atoms with Crippen LogP contribution in [0.5, 0.6) is 0 Å². The molecule has 1 aromatic rings. The Bertz CT molecular complexity index is 587. The minimum atomic E-state index is -3.51. The normalized spacial score (nSPS) is 17.1. The fourth-order valence-corrected chi connectivity index (χ4v) is 4.84. The van der Waals surface area contributed by atoms with Crippen LogP contribution in [0.1, 0.15) is 37.5 Å². The summed E-state index contributed by atoms with van der Waals surface area (Å²) in [5.41, 5.74) is 0.156.